The number of ether oxygens (including phenoxy) is 1. The molecule has 1 aromatic rings. The molecule has 1 N–H and O–H groups in total. The Morgan fingerprint density at radius 1 is 1.13 bits per heavy atom. The average molecular weight is 423 g/mol. The van der Waals surface area contributed by atoms with Crippen molar-refractivity contribution < 1.29 is 23.8 Å². The summed E-state index contributed by atoms with van der Waals surface area (Å²) in [6.07, 6.45) is 9.76. The van der Waals surface area contributed by atoms with Gasteiger partial charge in [0.25, 0.3) is 0 Å². The number of aliphatic hydroxyl groups excluding tert-OH is 1. The van der Waals surface area contributed by atoms with E-state index in [0.29, 0.717) is 5.57 Å². The van der Waals surface area contributed by atoms with E-state index in [0.717, 1.165) is 19.3 Å². The first-order valence-electron chi connectivity index (χ1n) is 11.4. The normalized spacial score (nSPS) is 49.4. The number of ketones is 2. The quantitative estimate of drug-likeness (QED) is 0.652. The molecular formula is C26H30O5. The molecule has 1 aliphatic heterocycles. The van der Waals surface area contributed by atoms with E-state index in [9.17, 15) is 14.7 Å². The van der Waals surface area contributed by atoms with E-state index < -0.39 is 21.8 Å². The summed E-state index contributed by atoms with van der Waals surface area (Å²) >= 11 is 0. The molecule has 2 saturated carbocycles. The lowest BCUT2D eigenvalue weighted by atomic mass is 9.39. The smallest absolute Gasteiger partial charge is 0.206 e. The summed E-state index contributed by atoms with van der Waals surface area (Å²) in [7, 11) is 0. The van der Waals surface area contributed by atoms with Gasteiger partial charge in [0.15, 0.2) is 11.5 Å². The fourth-order valence-corrected chi connectivity index (χ4v) is 8.78. The summed E-state index contributed by atoms with van der Waals surface area (Å²) in [5.41, 5.74) is -1.40. The first-order chi connectivity index (χ1) is 14.5. The number of epoxide rings is 1. The SMILES string of the molecule is CC1(C)C(=O)C=C[C@@]2(C)C1=C(O)C(=O)[C@]1(C)[C@H]2CC[C@@]2(C)[C@H](c3ccoc3)C[C@H]3O[C@]321. The number of furan rings is 1. The lowest BCUT2D eigenvalue weighted by molar-refractivity contribution is -0.162. The molecule has 1 aromatic heterocycles. The highest BCUT2D eigenvalue weighted by Gasteiger charge is 2.87. The topological polar surface area (TPSA) is 80.0 Å². The molecule has 1 saturated heterocycles. The maximum atomic E-state index is 14.0. The van der Waals surface area contributed by atoms with Crippen molar-refractivity contribution in [3.05, 3.63) is 47.6 Å². The van der Waals surface area contributed by atoms with Crippen LogP contribution in [0.25, 0.3) is 0 Å². The zero-order valence-electron chi connectivity index (χ0n) is 18.8. The van der Waals surface area contributed by atoms with Crippen LogP contribution in [0.15, 0.2) is 46.5 Å². The van der Waals surface area contributed by atoms with Crippen LogP contribution in [0.1, 0.15) is 65.4 Å². The van der Waals surface area contributed by atoms with Crippen molar-refractivity contribution in [2.45, 2.75) is 71.5 Å². The van der Waals surface area contributed by atoms with Gasteiger partial charge in [0.2, 0.25) is 5.78 Å². The number of carbonyl (C=O) groups is 2. The van der Waals surface area contributed by atoms with Crippen LogP contribution < -0.4 is 0 Å². The summed E-state index contributed by atoms with van der Waals surface area (Å²) in [5, 5.41) is 11.4. The maximum absolute atomic E-state index is 14.0. The first kappa shape index (κ1) is 19.5. The Bertz CT molecular complexity index is 1090. The Hall–Kier alpha value is -2.14. The van der Waals surface area contributed by atoms with Crippen LogP contribution in [0.5, 0.6) is 0 Å². The zero-order chi connectivity index (χ0) is 22.2. The van der Waals surface area contributed by atoms with Gasteiger partial charge in [-0.3, -0.25) is 9.59 Å². The molecule has 164 valence electrons. The van der Waals surface area contributed by atoms with Crippen molar-refractivity contribution in [2.24, 2.45) is 27.6 Å². The molecule has 2 heterocycles. The largest absolute Gasteiger partial charge is 0.504 e. The third kappa shape index (κ3) is 1.80. The van der Waals surface area contributed by atoms with Gasteiger partial charge in [0.1, 0.15) is 5.60 Å². The number of rotatable bonds is 1. The number of fused-ring (bicyclic) bond motifs is 3. The second kappa shape index (κ2) is 5.25. The van der Waals surface area contributed by atoms with Gasteiger partial charge in [-0.05, 0) is 75.1 Å². The molecule has 5 nitrogen and oxygen atoms in total. The molecule has 3 fully saturated rings. The summed E-state index contributed by atoms with van der Waals surface area (Å²) in [6.45, 7) is 10.0. The first-order valence-corrected chi connectivity index (χ1v) is 11.4. The lowest BCUT2D eigenvalue weighted by Crippen LogP contribution is -2.66. The van der Waals surface area contributed by atoms with Crippen LogP contribution in [0.2, 0.25) is 0 Å². The van der Waals surface area contributed by atoms with Crippen LogP contribution in [-0.4, -0.2) is 28.4 Å². The summed E-state index contributed by atoms with van der Waals surface area (Å²) in [6, 6.07) is 2.03. The number of aliphatic hydroxyl groups is 1. The van der Waals surface area contributed by atoms with Gasteiger partial charge in [-0.2, -0.15) is 0 Å². The molecule has 31 heavy (non-hydrogen) atoms. The fraction of sp³-hybridized carbons (Fsp3) is 0.615. The van der Waals surface area contributed by atoms with Crippen molar-refractivity contribution in [1.29, 1.82) is 0 Å². The zero-order valence-corrected chi connectivity index (χ0v) is 18.8. The molecule has 0 amide bonds. The average Bonchev–Trinajstić information content (AvgIpc) is 3.07. The van der Waals surface area contributed by atoms with Gasteiger partial charge >= 0.3 is 0 Å². The minimum atomic E-state index is -0.901. The van der Waals surface area contributed by atoms with Crippen molar-refractivity contribution in [3.8, 4) is 0 Å². The van der Waals surface area contributed by atoms with Crippen molar-refractivity contribution in [1.82, 2.24) is 0 Å². The lowest BCUT2D eigenvalue weighted by Gasteiger charge is -2.62. The molecule has 0 aromatic carbocycles. The number of allylic oxidation sites excluding steroid dienone is 4. The summed E-state index contributed by atoms with van der Waals surface area (Å²) in [4.78, 5) is 26.7. The second-order valence-electron chi connectivity index (χ2n) is 11.6. The van der Waals surface area contributed by atoms with E-state index in [1.165, 1.54) is 5.56 Å². The van der Waals surface area contributed by atoms with E-state index in [-0.39, 0.29) is 40.7 Å². The highest BCUT2D eigenvalue weighted by Crippen LogP contribution is 2.81. The predicted molar refractivity (Wildman–Crippen MR) is 113 cm³/mol. The Labute approximate surface area is 182 Å². The van der Waals surface area contributed by atoms with Crippen molar-refractivity contribution in [2.75, 3.05) is 0 Å². The summed E-state index contributed by atoms with van der Waals surface area (Å²) < 4.78 is 11.9. The van der Waals surface area contributed by atoms with Gasteiger partial charge in [-0.15, -0.1) is 0 Å². The van der Waals surface area contributed by atoms with Gasteiger partial charge < -0.3 is 14.3 Å². The van der Waals surface area contributed by atoms with Crippen LogP contribution in [0, 0.1) is 27.6 Å². The molecule has 1 spiro atoms. The number of Topliss-reactive ketones (excluding diaryl/α,β-unsaturated/α-hetero) is 1. The van der Waals surface area contributed by atoms with Crippen molar-refractivity contribution in [3.63, 3.8) is 0 Å². The molecule has 0 radical (unpaired) electrons. The molecular weight excluding hydrogens is 392 g/mol. The third-order valence-electron chi connectivity index (χ3n) is 10.2. The highest BCUT2D eigenvalue weighted by molar-refractivity contribution is 6.06. The van der Waals surface area contributed by atoms with Crippen LogP contribution in [0.4, 0.5) is 0 Å². The Balaban J connectivity index is 1.57. The standard InChI is InChI=1S/C26H30O5/c1-22(2)17(27)7-9-23(3)16-6-10-24(4)15(14-8-11-30-13-14)12-18-26(24,31-18)25(16,5)21(29)19(28)20(22)23/h7-9,11,13,15-16,18,28H,6,10,12H2,1-5H3/t15-,16-,18+,23+,24-,25-,26+/m0/s1. The number of hydrogen-bond acceptors (Lipinski definition) is 5. The van der Waals surface area contributed by atoms with Gasteiger partial charge in [-0.25, -0.2) is 0 Å². The van der Waals surface area contributed by atoms with E-state index in [1.807, 2.05) is 39.2 Å². The molecule has 0 bridgehead atoms. The minimum Gasteiger partial charge on any atom is -0.504 e. The Morgan fingerprint density at radius 2 is 1.87 bits per heavy atom. The van der Waals surface area contributed by atoms with E-state index in [2.05, 4.69) is 13.8 Å². The van der Waals surface area contributed by atoms with Crippen LogP contribution in [-0.2, 0) is 14.3 Å². The molecule has 4 aliphatic carbocycles. The van der Waals surface area contributed by atoms with Gasteiger partial charge in [-0.1, -0.05) is 19.9 Å². The van der Waals surface area contributed by atoms with E-state index >= 15 is 0 Å². The second-order valence-corrected chi connectivity index (χ2v) is 11.6. The Morgan fingerprint density at radius 3 is 2.55 bits per heavy atom. The van der Waals surface area contributed by atoms with E-state index in [1.54, 1.807) is 12.3 Å². The number of hydrogen-bond donors (Lipinski definition) is 1. The molecule has 5 heteroatoms. The monoisotopic (exact) mass is 422 g/mol. The minimum absolute atomic E-state index is 0.00527. The molecule has 7 atom stereocenters. The highest BCUT2D eigenvalue weighted by atomic mass is 16.6. The van der Waals surface area contributed by atoms with Gasteiger partial charge in [0.05, 0.1) is 29.5 Å². The van der Waals surface area contributed by atoms with Gasteiger partial charge in [0, 0.05) is 10.8 Å². The van der Waals surface area contributed by atoms with Crippen LogP contribution in [0.3, 0.4) is 0 Å². The summed E-state index contributed by atoms with van der Waals surface area (Å²) in [5.74, 6) is -0.312. The molecule has 6 rings (SSSR count). The molecule has 5 aliphatic rings. The Kier molecular flexibility index (Phi) is 3.31. The van der Waals surface area contributed by atoms with Crippen LogP contribution >= 0.6 is 0 Å². The fourth-order valence-electron chi connectivity index (χ4n) is 8.78. The predicted octanol–water partition coefficient (Wildman–Crippen LogP) is 4.89. The molecule has 0 unspecified atom stereocenters. The maximum Gasteiger partial charge on any atom is 0.206 e. The van der Waals surface area contributed by atoms with Crippen molar-refractivity contribution >= 4 is 11.6 Å². The number of carbonyl (C=O) groups excluding carboxylic acids is 2. The van der Waals surface area contributed by atoms with E-state index in [4.69, 9.17) is 9.15 Å². The third-order valence-corrected chi connectivity index (χ3v) is 10.2.